The van der Waals surface area contributed by atoms with E-state index in [1.165, 1.54) is 6.07 Å². The van der Waals surface area contributed by atoms with Crippen LogP contribution < -0.4 is 15.5 Å². The van der Waals surface area contributed by atoms with Crippen LogP contribution in [0.4, 0.5) is 10.1 Å². The summed E-state index contributed by atoms with van der Waals surface area (Å²) in [5, 5.41) is 5.48. The molecule has 0 aromatic heterocycles. The highest BCUT2D eigenvalue weighted by Gasteiger charge is 2.46. The third-order valence-electron chi connectivity index (χ3n) is 5.87. The first kappa shape index (κ1) is 16.4. The molecule has 0 saturated carbocycles. The highest BCUT2D eigenvalue weighted by molar-refractivity contribution is 6.23. The number of imide groups is 2. The van der Waals surface area contributed by atoms with Gasteiger partial charge in [0.1, 0.15) is 11.9 Å². The molecule has 4 heterocycles. The molecule has 0 radical (unpaired) electrons. The predicted molar refractivity (Wildman–Crippen MR) is 90.6 cm³/mol. The fraction of sp³-hybridized carbons (Fsp3) is 0.444. The van der Waals surface area contributed by atoms with Crippen LogP contribution in [0.1, 0.15) is 40.0 Å². The lowest BCUT2D eigenvalue weighted by Crippen LogP contribution is -2.54. The number of carbonyl (C=O) groups excluding carboxylic acids is 4. The van der Waals surface area contributed by atoms with Crippen molar-refractivity contribution in [1.82, 2.24) is 15.5 Å². The monoisotopic (exact) mass is 372 g/mol. The number of nitrogens with zero attached hydrogens (tertiary/aromatic N) is 2. The zero-order chi connectivity index (χ0) is 18.9. The molecular formula is C18H17FN4O4. The summed E-state index contributed by atoms with van der Waals surface area (Å²) in [5.74, 6) is -2.97. The van der Waals surface area contributed by atoms with Gasteiger partial charge in [0, 0.05) is 31.6 Å². The summed E-state index contributed by atoms with van der Waals surface area (Å²) in [6.45, 7) is 1.41. The Morgan fingerprint density at radius 3 is 2.44 bits per heavy atom. The SMILES string of the molecule is O=C1CCC(N2C(=O)c3cc(F)c(N4CC5CC4CN5)cc3C2=O)C(=O)N1. The Morgan fingerprint density at radius 2 is 1.81 bits per heavy atom. The van der Waals surface area contributed by atoms with Crippen LogP contribution in [0.2, 0.25) is 0 Å². The summed E-state index contributed by atoms with van der Waals surface area (Å²) in [5.41, 5.74) is 0.388. The van der Waals surface area contributed by atoms with Gasteiger partial charge in [0.15, 0.2) is 0 Å². The van der Waals surface area contributed by atoms with Crippen LogP contribution in [-0.2, 0) is 9.59 Å². The number of benzene rings is 1. The van der Waals surface area contributed by atoms with Crippen LogP contribution in [0, 0.1) is 5.82 Å². The van der Waals surface area contributed by atoms with Gasteiger partial charge in [-0.2, -0.15) is 0 Å². The first-order valence-corrected chi connectivity index (χ1v) is 8.99. The van der Waals surface area contributed by atoms with Gasteiger partial charge in [-0.3, -0.25) is 29.4 Å². The van der Waals surface area contributed by atoms with Crippen LogP contribution in [0.5, 0.6) is 0 Å². The van der Waals surface area contributed by atoms with Gasteiger partial charge in [-0.25, -0.2) is 4.39 Å². The topological polar surface area (TPSA) is 98.8 Å². The number of hydrogen-bond acceptors (Lipinski definition) is 6. The molecule has 3 unspecified atom stereocenters. The summed E-state index contributed by atoms with van der Waals surface area (Å²) in [6.07, 6.45) is 1.05. The van der Waals surface area contributed by atoms with Crippen LogP contribution in [0.25, 0.3) is 0 Å². The largest absolute Gasteiger partial charge is 0.363 e. The zero-order valence-corrected chi connectivity index (χ0v) is 14.3. The average molecular weight is 372 g/mol. The molecule has 9 heteroatoms. The van der Waals surface area contributed by atoms with E-state index in [-0.39, 0.29) is 30.0 Å². The smallest absolute Gasteiger partial charge is 0.262 e. The normalized spacial score (nSPS) is 29.6. The molecule has 0 spiro atoms. The number of hydrogen-bond donors (Lipinski definition) is 2. The second-order valence-corrected chi connectivity index (χ2v) is 7.44. The fourth-order valence-electron chi connectivity index (χ4n) is 4.55. The van der Waals surface area contributed by atoms with Crippen molar-refractivity contribution in [1.29, 1.82) is 0 Å². The Hall–Kier alpha value is -2.81. The number of rotatable bonds is 2. The molecule has 4 amide bonds. The van der Waals surface area contributed by atoms with Crippen LogP contribution in [-0.4, -0.2) is 59.7 Å². The van der Waals surface area contributed by atoms with Crippen LogP contribution >= 0.6 is 0 Å². The number of halogens is 1. The van der Waals surface area contributed by atoms with Gasteiger partial charge in [-0.1, -0.05) is 0 Å². The van der Waals surface area contributed by atoms with E-state index in [1.807, 2.05) is 4.90 Å². The third kappa shape index (κ3) is 2.31. The highest BCUT2D eigenvalue weighted by Crippen LogP contribution is 2.36. The molecule has 4 aliphatic heterocycles. The van der Waals surface area contributed by atoms with Crippen molar-refractivity contribution < 1.29 is 23.6 Å². The van der Waals surface area contributed by atoms with Crippen molar-refractivity contribution in [3.8, 4) is 0 Å². The molecule has 5 rings (SSSR count). The second kappa shape index (κ2) is 5.59. The van der Waals surface area contributed by atoms with E-state index in [4.69, 9.17) is 0 Å². The van der Waals surface area contributed by atoms with Gasteiger partial charge >= 0.3 is 0 Å². The molecule has 1 aromatic carbocycles. The number of fused-ring (bicyclic) bond motifs is 3. The maximum Gasteiger partial charge on any atom is 0.262 e. The second-order valence-electron chi connectivity index (χ2n) is 7.44. The van der Waals surface area contributed by atoms with Gasteiger partial charge in [0.2, 0.25) is 11.8 Å². The molecule has 3 atom stereocenters. The van der Waals surface area contributed by atoms with E-state index in [2.05, 4.69) is 10.6 Å². The Morgan fingerprint density at radius 1 is 1.07 bits per heavy atom. The number of nitrogens with one attached hydrogen (secondary N) is 2. The van der Waals surface area contributed by atoms with E-state index < -0.39 is 35.5 Å². The molecule has 27 heavy (non-hydrogen) atoms. The van der Waals surface area contributed by atoms with Crippen molar-refractivity contribution in [2.75, 3.05) is 18.0 Å². The molecule has 4 aliphatic rings. The molecule has 140 valence electrons. The first-order valence-electron chi connectivity index (χ1n) is 8.99. The molecule has 3 fully saturated rings. The van der Waals surface area contributed by atoms with Crippen LogP contribution in [0.15, 0.2) is 12.1 Å². The summed E-state index contributed by atoms with van der Waals surface area (Å²) in [4.78, 5) is 51.8. The Bertz CT molecular complexity index is 917. The average Bonchev–Trinajstić information content (AvgIpc) is 3.31. The molecule has 2 N–H and O–H groups in total. The Kier molecular flexibility index (Phi) is 3.39. The standard InChI is InChI=1S/C18H17FN4O4/c19-12-4-10-11(5-14(12)22-7-8-3-9(22)6-20-8)18(27)23(17(10)26)13-1-2-15(24)21-16(13)25/h4-5,8-9,13,20H,1-3,6-7H2,(H,21,24,25). The number of piperidine rings is 1. The van der Waals surface area contributed by atoms with Crippen molar-refractivity contribution in [2.45, 2.75) is 37.4 Å². The summed E-state index contributed by atoms with van der Waals surface area (Å²) < 4.78 is 14.8. The number of piperazine rings is 1. The zero-order valence-electron chi connectivity index (χ0n) is 14.3. The minimum atomic E-state index is -1.05. The summed E-state index contributed by atoms with van der Waals surface area (Å²) in [6, 6.07) is 1.95. The van der Waals surface area contributed by atoms with Crippen molar-refractivity contribution in [3.05, 3.63) is 29.1 Å². The number of anilines is 1. The first-order chi connectivity index (χ1) is 12.9. The highest BCUT2D eigenvalue weighted by atomic mass is 19.1. The van der Waals surface area contributed by atoms with Gasteiger partial charge in [0.05, 0.1) is 16.8 Å². The lowest BCUT2D eigenvalue weighted by molar-refractivity contribution is -0.136. The molecular weight excluding hydrogens is 355 g/mol. The lowest BCUT2D eigenvalue weighted by Gasteiger charge is -2.30. The predicted octanol–water partition coefficient (Wildman–Crippen LogP) is -0.223. The van der Waals surface area contributed by atoms with Gasteiger partial charge < -0.3 is 10.2 Å². The minimum absolute atomic E-state index is 0.0339. The third-order valence-corrected chi connectivity index (χ3v) is 5.87. The Labute approximate surface area is 153 Å². The summed E-state index contributed by atoms with van der Waals surface area (Å²) >= 11 is 0. The van der Waals surface area contributed by atoms with Crippen molar-refractivity contribution in [3.63, 3.8) is 0 Å². The lowest BCUT2D eigenvalue weighted by atomic mass is 10.0. The van der Waals surface area contributed by atoms with E-state index in [0.717, 1.165) is 23.9 Å². The Balaban J connectivity index is 1.50. The molecule has 1 aromatic rings. The van der Waals surface area contributed by atoms with Gasteiger partial charge in [-0.05, 0) is 25.0 Å². The summed E-state index contributed by atoms with van der Waals surface area (Å²) in [7, 11) is 0. The molecule has 3 saturated heterocycles. The van der Waals surface area contributed by atoms with Crippen LogP contribution in [0.3, 0.4) is 0 Å². The van der Waals surface area contributed by atoms with E-state index in [9.17, 15) is 23.6 Å². The van der Waals surface area contributed by atoms with E-state index in [1.54, 1.807) is 0 Å². The van der Waals surface area contributed by atoms with Crippen molar-refractivity contribution in [2.24, 2.45) is 0 Å². The maximum atomic E-state index is 14.8. The molecule has 0 aliphatic carbocycles. The number of amides is 4. The van der Waals surface area contributed by atoms with E-state index in [0.29, 0.717) is 18.3 Å². The maximum absolute atomic E-state index is 14.8. The van der Waals surface area contributed by atoms with Gasteiger partial charge in [0.25, 0.3) is 11.8 Å². The molecule has 2 bridgehead atoms. The van der Waals surface area contributed by atoms with Gasteiger partial charge in [-0.15, -0.1) is 0 Å². The van der Waals surface area contributed by atoms with E-state index >= 15 is 0 Å². The minimum Gasteiger partial charge on any atom is -0.363 e. The fourth-order valence-corrected chi connectivity index (χ4v) is 4.55. The molecule has 8 nitrogen and oxygen atoms in total. The number of carbonyl (C=O) groups is 4. The van der Waals surface area contributed by atoms with Crippen molar-refractivity contribution >= 4 is 29.3 Å². The quantitative estimate of drug-likeness (QED) is 0.697.